The lowest BCUT2D eigenvalue weighted by atomic mass is 10.0. The van der Waals surface area contributed by atoms with E-state index in [2.05, 4.69) is 61.7 Å². The molecule has 0 amide bonds. The molecular weight excluding hydrogens is 338 g/mol. The quantitative estimate of drug-likeness (QED) is 0.431. The van der Waals surface area contributed by atoms with Crippen molar-refractivity contribution in [1.29, 1.82) is 0 Å². The second kappa shape index (κ2) is 6.12. The predicted molar refractivity (Wildman–Crippen MR) is 106 cm³/mol. The lowest BCUT2D eigenvalue weighted by Crippen LogP contribution is -2.11. The molecule has 1 saturated carbocycles. The van der Waals surface area contributed by atoms with Crippen molar-refractivity contribution in [2.24, 2.45) is 0 Å². The van der Waals surface area contributed by atoms with Crippen LogP contribution >= 0.6 is 0 Å². The Morgan fingerprint density at radius 2 is 2.15 bits per heavy atom. The Labute approximate surface area is 156 Å². The Hall–Kier alpha value is -3.35. The van der Waals surface area contributed by atoms with E-state index in [0.717, 1.165) is 16.8 Å². The van der Waals surface area contributed by atoms with Gasteiger partial charge in [-0.1, -0.05) is 12.1 Å². The van der Waals surface area contributed by atoms with Crippen molar-refractivity contribution < 1.29 is 0 Å². The predicted octanol–water partition coefficient (Wildman–Crippen LogP) is 3.98. The van der Waals surface area contributed by atoms with Gasteiger partial charge in [-0.05, 0) is 43.5 Å². The molecule has 1 aliphatic rings. The van der Waals surface area contributed by atoms with Gasteiger partial charge < -0.3 is 16.0 Å². The molecule has 3 aromatic heterocycles. The minimum atomic E-state index is 0.0432. The number of nitrogens with zero attached hydrogens (tertiary/aromatic N) is 3. The first kappa shape index (κ1) is 15.9. The van der Waals surface area contributed by atoms with Gasteiger partial charge >= 0.3 is 0 Å². The Kier molecular flexibility index (Phi) is 3.60. The highest BCUT2D eigenvalue weighted by Gasteiger charge is 2.26. The molecule has 1 unspecified atom stereocenters. The SMILES string of the molecule is CC(Nc1ncc(-c2cc(C3CC3)[nH]n2)c(N)n1)c1cccc2[nH]ccc12. The van der Waals surface area contributed by atoms with E-state index in [1.165, 1.54) is 29.5 Å². The van der Waals surface area contributed by atoms with Crippen molar-refractivity contribution in [3.63, 3.8) is 0 Å². The molecule has 1 aliphatic carbocycles. The first-order chi connectivity index (χ1) is 13.2. The minimum Gasteiger partial charge on any atom is -0.383 e. The van der Waals surface area contributed by atoms with Crippen LogP contribution in [-0.2, 0) is 0 Å². The summed E-state index contributed by atoms with van der Waals surface area (Å²) in [6.45, 7) is 2.09. The molecule has 0 spiro atoms. The van der Waals surface area contributed by atoms with E-state index in [1.807, 2.05) is 12.3 Å². The third kappa shape index (κ3) is 2.91. The molecule has 27 heavy (non-hydrogen) atoms. The third-order valence-corrected chi connectivity index (χ3v) is 5.15. The van der Waals surface area contributed by atoms with Gasteiger partial charge in [-0.25, -0.2) is 4.98 Å². The van der Waals surface area contributed by atoms with E-state index in [-0.39, 0.29) is 6.04 Å². The maximum Gasteiger partial charge on any atom is 0.225 e. The number of aromatic nitrogens is 5. The summed E-state index contributed by atoms with van der Waals surface area (Å²) in [6.07, 6.45) is 6.13. The Balaban J connectivity index is 1.39. The van der Waals surface area contributed by atoms with Gasteiger partial charge in [0.25, 0.3) is 0 Å². The molecule has 5 rings (SSSR count). The summed E-state index contributed by atoms with van der Waals surface area (Å²) in [5.74, 6) is 1.55. The molecule has 1 fully saturated rings. The highest BCUT2D eigenvalue weighted by atomic mass is 15.2. The summed E-state index contributed by atoms with van der Waals surface area (Å²) < 4.78 is 0. The number of nitrogens with two attached hydrogens (primary N) is 1. The lowest BCUT2D eigenvalue weighted by Gasteiger charge is -2.16. The van der Waals surface area contributed by atoms with Crippen molar-refractivity contribution in [3.8, 4) is 11.3 Å². The first-order valence-electron chi connectivity index (χ1n) is 9.20. The highest BCUT2D eigenvalue weighted by molar-refractivity contribution is 5.83. The zero-order valence-electron chi connectivity index (χ0n) is 15.0. The van der Waals surface area contributed by atoms with Gasteiger partial charge in [-0.2, -0.15) is 10.1 Å². The summed E-state index contributed by atoms with van der Waals surface area (Å²) in [4.78, 5) is 12.1. The van der Waals surface area contributed by atoms with Crippen LogP contribution in [0.2, 0.25) is 0 Å². The van der Waals surface area contributed by atoms with Gasteiger partial charge in [0.1, 0.15) is 5.82 Å². The Morgan fingerprint density at radius 1 is 1.26 bits per heavy atom. The fourth-order valence-corrected chi connectivity index (χ4v) is 3.50. The largest absolute Gasteiger partial charge is 0.383 e. The summed E-state index contributed by atoms with van der Waals surface area (Å²) >= 11 is 0. The molecule has 1 atom stereocenters. The number of nitrogen functional groups attached to an aromatic ring is 1. The fourth-order valence-electron chi connectivity index (χ4n) is 3.50. The summed E-state index contributed by atoms with van der Waals surface area (Å²) in [5, 5.41) is 12.0. The zero-order chi connectivity index (χ0) is 18.4. The molecule has 136 valence electrons. The smallest absolute Gasteiger partial charge is 0.225 e. The van der Waals surface area contributed by atoms with Crippen LogP contribution < -0.4 is 11.1 Å². The zero-order valence-corrected chi connectivity index (χ0v) is 15.0. The van der Waals surface area contributed by atoms with Crippen molar-refractivity contribution in [2.45, 2.75) is 31.7 Å². The summed E-state index contributed by atoms with van der Waals surface area (Å²) in [6, 6.07) is 10.4. The van der Waals surface area contributed by atoms with E-state index in [4.69, 9.17) is 5.73 Å². The van der Waals surface area contributed by atoms with Crippen molar-refractivity contribution in [3.05, 3.63) is 54.0 Å². The number of anilines is 2. The summed E-state index contributed by atoms with van der Waals surface area (Å²) in [5.41, 5.74) is 11.2. The van der Waals surface area contributed by atoms with Gasteiger partial charge in [0, 0.05) is 34.9 Å². The maximum atomic E-state index is 6.19. The molecule has 7 nitrogen and oxygen atoms in total. The third-order valence-electron chi connectivity index (χ3n) is 5.15. The van der Waals surface area contributed by atoms with Crippen LogP contribution in [0, 0.1) is 0 Å². The minimum absolute atomic E-state index is 0.0432. The van der Waals surface area contributed by atoms with Crippen LogP contribution in [0.3, 0.4) is 0 Å². The van der Waals surface area contributed by atoms with E-state index >= 15 is 0 Å². The fraction of sp³-hybridized carbons (Fsp3) is 0.250. The molecule has 0 bridgehead atoms. The number of hydrogen-bond donors (Lipinski definition) is 4. The van der Waals surface area contributed by atoms with Crippen LogP contribution in [0.5, 0.6) is 0 Å². The van der Waals surface area contributed by atoms with Gasteiger partial charge in [-0.3, -0.25) is 5.10 Å². The molecular formula is C20H21N7. The molecule has 3 heterocycles. The van der Waals surface area contributed by atoms with Gasteiger partial charge in [0.05, 0.1) is 17.3 Å². The molecule has 0 radical (unpaired) electrons. The van der Waals surface area contributed by atoms with Crippen LogP contribution in [0.15, 0.2) is 42.7 Å². The Morgan fingerprint density at radius 3 is 2.96 bits per heavy atom. The van der Waals surface area contributed by atoms with Crippen LogP contribution in [0.4, 0.5) is 11.8 Å². The highest BCUT2D eigenvalue weighted by Crippen LogP contribution is 2.40. The topological polar surface area (TPSA) is 108 Å². The van der Waals surface area contributed by atoms with Crippen molar-refractivity contribution in [2.75, 3.05) is 11.1 Å². The maximum absolute atomic E-state index is 6.19. The lowest BCUT2D eigenvalue weighted by molar-refractivity contribution is 0.870. The van der Waals surface area contributed by atoms with E-state index in [1.54, 1.807) is 6.20 Å². The number of hydrogen-bond acceptors (Lipinski definition) is 5. The number of aromatic amines is 2. The number of nitrogens with one attached hydrogen (secondary N) is 3. The standard InChI is InChI=1S/C20H21N7/c1-11(13-3-2-4-16-14(13)7-8-22-16)24-20-23-10-15(19(21)25-20)18-9-17(26-27-18)12-5-6-12/h2-4,7-12,22H,5-6H2,1H3,(H,26,27)(H3,21,23,24,25). The van der Waals surface area contributed by atoms with E-state index in [9.17, 15) is 0 Å². The van der Waals surface area contributed by atoms with Crippen LogP contribution in [0.1, 0.15) is 43.0 Å². The van der Waals surface area contributed by atoms with Gasteiger partial charge in [0.15, 0.2) is 0 Å². The average molecular weight is 359 g/mol. The monoisotopic (exact) mass is 359 g/mol. The number of rotatable bonds is 5. The normalized spacial score (nSPS) is 15.1. The first-order valence-corrected chi connectivity index (χ1v) is 9.20. The second-order valence-electron chi connectivity index (χ2n) is 7.13. The summed E-state index contributed by atoms with van der Waals surface area (Å²) in [7, 11) is 0. The molecule has 5 N–H and O–H groups in total. The van der Waals surface area contributed by atoms with Crippen LogP contribution in [0.25, 0.3) is 22.2 Å². The van der Waals surface area contributed by atoms with Crippen molar-refractivity contribution >= 4 is 22.7 Å². The Bertz CT molecular complexity index is 1110. The molecule has 1 aromatic carbocycles. The van der Waals surface area contributed by atoms with Gasteiger partial charge in [-0.15, -0.1) is 0 Å². The molecule has 0 aliphatic heterocycles. The van der Waals surface area contributed by atoms with E-state index in [0.29, 0.717) is 17.7 Å². The second-order valence-corrected chi connectivity index (χ2v) is 7.13. The number of H-pyrrole nitrogens is 2. The van der Waals surface area contributed by atoms with Gasteiger partial charge in [0.2, 0.25) is 5.95 Å². The molecule has 7 heteroatoms. The van der Waals surface area contributed by atoms with Crippen molar-refractivity contribution in [1.82, 2.24) is 25.1 Å². The molecule has 0 saturated heterocycles. The van der Waals surface area contributed by atoms with Crippen LogP contribution in [-0.4, -0.2) is 25.1 Å². The number of benzene rings is 1. The molecule has 4 aromatic rings. The number of fused-ring (bicyclic) bond motifs is 1. The average Bonchev–Trinajstić information content (AvgIpc) is 3.20. The van der Waals surface area contributed by atoms with E-state index < -0.39 is 0 Å².